The van der Waals surface area contributed by atoms with Gasteiger partial charge in [0.2, 0.25) is 5.91 Å². The van der Waals surface area contributed by atoms with Crippen molar-refractivity contribution in [2.75, 3.05) is 44.1 Å². The van der Waals surface area contributed by atoms with Crippen molar-refractivity contribution in [3.63, 3.8) is 0 Å². The quantitative estimate of drug-likeness (QED) is 0.340. The smallest absolute Gasteiger partial charge is 0.267 e. The van der Waals surface area contributed by atoms with Crippen LogP contribution in [0, 0.1) is 0 Å². The van der Waals surface area contributed by atoms with Gasteiger partial charge in [0, 0.05) is 31.5 Å². The molecule has 8 nitrogen and oxygen atoms in total. The summed E-state index contributed by atoms with van der Waals surface area (Å²) in [5.41, 5.74) is 2.06. The van der Waals surface area contributed by atoms with Gasteiger partial charge >= 0.3 is 0 Å². The van der Waals surface area contributed by atoms with Crippen molar-refractivity contribution in [3.8, 4) is 5.75 Å². The van der Waals surface area contributed by atoms with Crippen LogP contribution in [0.4, 0.5) is 11.4 Å². The fourth-order valence-corrected chi connectivity index (χ4v) is 5.16. The molecule has 4 rings (SSSR count). The highest BCUT2D eigenvalue weighted by Crippen LogP contribution is 2.44. The van der Waals surface area contributed by atoms with Gasteiger partial charge in [-0.25, -0.2) is 0 Å². The molecule has 2 aliphatic heterocycles. The Hall–Kier alpha value is -3.21. The minimum Gasteiger partial charge on any atom is -0.497 e. The summed E-state index contributed by atoms with van der Waals surface area (Å²) >= 11 is 6.52. The molecule has 0 spiro atoms. The molecular formula is C24H23N3O5S2. The number of para-hydroxylation sites is 1. The number of nitrogens with one attached hydrogen (secondary N) is 1. The number of amides is 3. The van der Waals surface area contributed by atoms with Crippen LogP contribution in [0.25, 0.3) is 5.57 Å². The normalized spacial score (nSPS) is 17.4. The maximum Gasteiger partial charge on any atom is 0.267 e. The second-order valence-corrected chi connectivity index (χ2v) is 9.20. The Morgan fingerprint density at radius 2 is 1.76 bits per heavy atom. The average molecular weight is 498 g/mol. The maximum atomic E-state index is 13.5. The van der Waals surface area contributed by atoms with E-state index >= 15 is 0 Å². The molecule has 1 fully saturated rings. The molecule has 34 heavy (non-hydrogen) atoms. The van der Waals surface area contributed by atoms with Gasteiger partial charge in [0.05, 0.1) is 23.3 Å². The van der Waals surface area contributed by atoms with Gasteiger partial charge in [-0.3, -0.25) is 24.2 Å². The number of thiocarbonyl (C=S) groups is 1. The number of ether oxygens (including phenoxy) is 2. The highest BCUT2D eigenvalue weighted by molar-refractivity contribution is 8.26. The predicted octanol–water partition coefficient (Wildman–Crippen LogP) is 3.29. The molecule has 2 heterocycles. The number of fused-ring (bicyclic) bond motifs is 1. The van der Waals surface area contributed by atoms with Gasteiger partial charge in [-0.2, -0.15) is 0 Å². The highest BCUT2D eigenvalue weighted by Gasteiger charge is 2.42. The lowest BCUT2D eigenvalue weighted by Gasteiger charge is -2.17. The molecule has 0 bridgehead atoms. The third kappa shape index (κ3) is 4.70. The van der Waals surface area contributed by atoms with E-state index in [1.54, 1.807) is 62.8 Å². The second kappa shape index (κ2) is 10.4. The molecule has 0 aliphatic carbocycles. The molecule has 0 radical (unpaired) electrons. The van der Waals surface area contributed by atoms with Gasteiger partial charge in [-0.15, -0.1) is 0 Å². The third-order valence-electron chi connectivity index (χ3n) is 5.41. The number of hydrogen-bond acceptors (Lipinski definition) is 7. The van der Waals surface area contributed by atoms with E-state index in [2.05, 4.69) is 5.32 Å². The van der Waals surface area contributed by atoms with Crippen molar-refractivity contribution in [3.05, 3.63) is 59.0 Å². The Morgan fingerprint density at radius 1 is 1.03 bits per heavy atom. The lowest BCUT2D eigenvalue weighted by Crippen LogP contribution is -2.35. The minimum absolute atomic E-state index is 0.195. The maximum absolute atomic E-state index is 13.5. The Labute approximate surface area is 206 Å². The number of methoxy groups -OCH3 is 2. The molecule has 176 valence electrons. The number of hydrogen-bond donors (Lipinski definition) is 1. The summed E-state index contributed by atoms with van der Waals surface area (Å²) in [5, 5.41) is 2.79. The van der Waals surface area contributed by atoms with Crippen molar-refractivity contribution in [1.29, 1.82) is 0 Å². The SMILES string of the molecule is COCCCN1C(=O)C(=C2C(=O)N(CC(=O)Nc3ccc(OC)cc3)c3ccccc32)SC1=S. The number of anilines is 2. The van der Waals surface area contributed by atoms with E-state index in [9.17, 15) is 14.4 Å². The largest absolute Gasteiger partial charge is 0.497 e. The van der Waals surface area contributed by atoms with Crippen molar-refractivity contribution in [2.24, 2.45) is 0 Å². The van der Waals surface area contributed by atoms with Crippen LogP contribution in [0.15, 0.2) is 53.4 Å². The number of carbonyl (C=O) groups is 3. The lowest BCUT2D eigenvalue weighted by molar-refractivity contribution is -0.122. The van der Waals surface area contributed by atoms with Crippen LogP contribution in [0.1, 0.15) is 12.0 Å². The molecule has 2 aliphatic rings. The molecule has 2 aromatic carbocycles. The van der Waals surface area contributed by atoms with Crippen molar-refractivity contribution in [2.45, 2.75) is 6.42 Å². The van der Waals surface area contributed by atoms with Crippen LogP contribution in [0.5, 0.6) is 5.75 Å². The predicted molar refractivity (Wildman–Crippen MR) is 136 cm³/mol. The first kappa shape index (κ1) is 23.9. The molecule has 0 saturated carbocycles. The van der Waals surface area contributed by atoms with Crippen LogP contribution < -0.4 is 15.0 Å². The number of carbonyl (C=O) groups excluding carboxylic acids is 3. The summed E-state index contributed by atoms with van der Waals surface area (Å²) < 4.78 is 10.6. The van der Waals surface area contributed by atoms with E-state index in [1.807, 2.05) is 0 Å². The first-order chi connectivity index (χ1) is 16.4. The van der Waals surface area contributed by atoms with E-state index in [1.165, 1.54) is 9.80 Å². The standard InChI is InChI=1S/C24H23N3O5S2/c1-31-13-5-12-26-23(30)21(34-24(26)33)20-17-6-3-4-7-18(17)27(22(20)29)14-19(28)25-15-8-10-16(32-2)11-9-15/h3-4,6-11H,5,12-14H2,1-2H3,(H,25,28). The summed E-state index contributed by atoms with van der Waals surface area (Å²) in [6, 6.07) is 14.0. The molecule has 0 atom stereocenters. The van der Waals surface area contributed by atoms with Gasteiger partial charge in [-0.05, 0) is 36.8 Å². The number of thioether (sulfide) groups is 1. The topological polar surface area (TPSA) is 88.2 Å². The second-order valence-electron chi connectivity index (χ2n) is 7.56. The Balaban J connectivity index is 1.57. The molecule has 1 N–H and O–H groups in total. The summed E-state index contributed by atoms with van der Waals surface area (Å²) in [6.07, 6.45) is 0.633. The fraction of sp³-hybridized carbons (Fsp3) is 0.250. The van der Waals surface area contributed by atoms with Crippen LogP contribution in [-0.2, 0) is 19.1 Å². The Morgan fingerprint density at radius 3 is 2.47 bits per heavy atom. The highest BCUT2D eigenvalue weighted by atomic mass is 32.2. The monoisotopic (exact) mass is 497 g/mol. The third-order valence-corrected chi connectivity index (χ3v) is 6.85. The van der Waals surface area contributed by atoms with Crippen LogP contribution in [0.3, 0.4) is 0 Å². The molecule has 2 aromatic rings. The van der Waals surface area contributed by atoms with Crippen LogP contribution >= 0.6 is 24.0 Å². The molecule has 0 aromatic heterocycles. The molecular weight excluding hydrogens is 474 g/mol. The van der Waals surface area contributed by atoms with E-state index in [-0.39, 0.29) is 28.8 Å². The van der Waals surface area contributed by atoms with E-state index in [0.29, 0.717) is 46.6 Å². The van der Waals surface area contributed by atoms with Gasteiger partial charge in [0.1, 0.15) is 16.6 Å². The lowest BCUT2D eigenvalue weighted by atomic mass is 10.1. The zero-order valence-corrected chi connectivity index (χ0v) is 20.3. The molecule has 1 saturated heterocycles. The van der Waals surface area contributed by atoms with Gasteiger partial charge in [0.25, 0.3) is 11.8 Å². The fourth-order valence-electron chi connectivity index (χ4n) is 3.78. The first-order valence-corrected chi connectivity index (χ1v) is 11.8. The first-order valence-electron chi connectivity index (χ1n) is 10.6. The average Bonchev–Trinajstić information content (AvgIpc) is 3.27. The van der Waals surface area contributed by atoms with Crippen molar-refractivity contribution in [1.82, 2.24) is 4.90 Å². The molecule has 3 amide bonds. The van der Waals surface area contributed by atoms with Gasteiger partial charge < -0.3 is 14.8 Å². The Bertz CT molecular complexity index is 1180. The molecule has 0 unspecified atom stereocenters. The van der Waals surface area contributed by atoms with Crippen molar-refractivity contribution >= 4 is 63.0 Å². The zero-order chi connectivity index (χ0) is 24.2. The molecule has 10 heteroatoms. The number of nitrogens with zero attached hydrogens (tertiary/aromatic N) is 2. The number of benzene rings is 2. The number of rotatable bonds is 8. The Kier molecular flexibility index (Phi) is 7.30. The van der Waals surface area contributed by atoms with Crippen LogP contribution in [-0.4, -0.2) is 60.9 Å². The minimum atomic E-state index is -0.400. The van der Waals surface area contributed by atoms with E-state index in [4.69, 9.17) is 21.7 Å². The summed E-state index contributed by atoms with van der Waals surface area (Å²) in [7, 11) is 3.16. The summed E-state index contributed by atoms with van der Waals surface area (Å²) in [5.74, 6) is -0.384. The van der Waals surface area contributed by atoms with Gasteiger partial charge in [0.15, 0.2) is 0 Å². The summed E-state index contributed by atoms with van der Waals surface area (Å²) in [4.78, 5) is 42.5. The van der Waals surface area contributed by atoms with E-state index in [0.717, 1.165) is 11.8 Å². The zero-order valence-electron chi connectivity index (χ0n) is 18.7. The van der Waals surface area contributed by atoms with Gasteiger partial charge in [-0.1, -0.05) is 42.2 Å². The van der Waals surface area contributed by atoms with E-state index < -0.39 is 5.91 Å². The summed E-state index contributed by atoms with van der Waals surface area (Å²) in [6.45, 7) is 0.723. The van der Waals surface area contributed by atoms with Crippen molar-refractivity contribution < 1.29 is 23.9 Å². The van der Waals surface area contributed by atoms with Crippen LogP contribution in [0.2, 0.25) is 0 Å².